The van der Waals surface area contributed by atoms with Gasteiger partial charge >= 0.3 is 0 Å². The first-order valence-corrected chi connectivity index (χ1v) is 13.3. The van der Waals surface area contributed by atoms with Crippen molar-refractivity contribution in [1.82, 2.24) is 10.3 Å². The summed E-state index contributed by atoms with van der Waals surface area (Å²) >= 11 is 6.21. The summed E-state index contributed by atoms with van der Waals surface area (Å²) in [5.74, 6) is 0.390. The van der Waals surface area contributed by atoms with Crippen LogP contribution in [0.2, 0.25) is 5.02 Å². The number of halogens is 1. The van der Waals surface area contributed by atoms with Gasteiger partial charge in [0.1, 0.15) is 12.1 Å². The molecule has 0 saturated heterocycles. The lowest BCUT2D eigenvalue weighted by Crippen LogP contribution is -2.31. The van der Waals surface area contributed by atoms with Gasteiger partial charge in [0, 0.05) is 42.5 Å². The Morgan fingerprint density at radius 3 is 2.57 bits per heavy atom. The molecule has 1 aliphatic heterocycles. The van der Waals surface area contributed by atoms with E-state index in [1.807, 2.05) is 29.3 Å². The molecule has 4 rings (SSSR count). The smallest absolute Gasteiger partial charge is 0.284 e. The lowest BCUT2D eigenvalue weighted by molar-refractivity contribution is -0.115. The molecular weight excluding hydrogens is 514 g/mol. The number of methoxy groups -OCH3 is 1. The van der Waals surface area contributed by atoms with Crippen LogP contribution in [0, 0.1) is 0 Å². The third kappa shape index (κ3) is 6.22. The second-order valence-corrected chi connectivity index (χ2v) is 10.7. The van der Waals surface area contributed by atoms with E-state index in [2.05, 4.69) is 15.1 Å². The summed E-state index contributed by atoms with van der Waals surface area (Å²) in [6.07, 6.45) is 1.28. The molecule has 1 amide bonds. The predicted octanol–water partition coefficient (Wildman–Crippen LogP) is 3.83. The summed E-state index contributed by atoms with van der Waals surface area (Å²) in [6.45, 7) is 0.693. The van der Waals surface area contributed by atoms with E-state index in [1.54, 1.807) is 56.4 Å². The molecule has 0 spiro atoms. The maximum absolute atomic E-state index is 13.2. The van der Waals surface area contributed by atoms with E-state index in [4.69, 9.17) is 16.3 Å². The number of nitrogens with zero attached hydrogens (tertiary/aromatic N) is 3. The molecule has 9 nitrogen and oxygen atoms in total. The van der Waals surface area contributed by atoms with Crippen LogP contribution in [0.5, 0.6) is 5.75 Å². The molecule has 194 valence electrons. The minimum Gasteiger partial charge on any atom is -0.496 e. The highest BCUT2D eigenvalue weighted by Crippen LogP contribution is 2.37. The van der Waals surface area contributed by atoms with Gasteiger partial charge in [0.05, 0.1) is 30.7 Å². The number of hydrazine groups is 1. The van der Waals surface area contributed by atoms with Crippen molar-refractivity contribution in [3.63, 3.8) is 0 Å². The molecule has 11 heteroatoms. The Kier molecular flexibility index (Phi) is 8.01. The molecule has 0 bridgehead atoms. The lowest BCUT2D eigenvalue weighted by atomic mass is 10.1. The number of amides is 1. The van der Waals surface area contributed by atoms with E-state index in [1.165, 1.54) is 12.4 Å². The standard InChI is InChI=1S/C26H28ClN5O4S/c1-31(2)17-29-37(34,35)25-14-20(30-26(33)12-18-8-4-6-10-22(18)27)13-23-21(25)15-28-32(23)16-19-9-5-7-11-24(19)36-3/h4-11,13-14,17,28H,12,15-16H2,1-3H3,(H,30,33)/b29-17+. The van der Waals surface area contributed by atoms with E-state index < -0.39 is 10.0 Å². The molecule has 37 heavy (non-hydrogen) atoms. The van der Waals surface area contributed by atoms with Crippen molar-refractivity contribution >= 4 is 45.2 Å². The first kappa shape index (κ1) is 26.5. The third-order valence-electron chi connectivity index (χ3n) is 5.73. The Balaban J connectivity index is 1.71. The minimum atomic E-state index is -4.05. The second-order valence-electron chi connectivity index (χ2n) is 8.68. The topological polar surface area (TPSA) is 103 Å². The van der Waals surface area contributed by atoms with Gasteiger partial charge < -0.3 is 20.0 Å². The number of anilines is 2. The van der Waals surface area contributed by atoms with Gasteiger partial charge in [-0.05, 0) is 29.8 Å². The molecule has 2 N–H and O–H groups in total. The van der Waals surface area contributed by atoms with Crippen molar-refractivity contribution in [3.05, 3.63) is 82.4 Å². The zero-order chi connectivity index (χ0) is 26.6. The van der Waals surface area contributed by atoms with Gasteiger partial charge in [0.25, 0.3) is 10.0 Å². The van der Waals surface area contributed by atoms with Gasteiger partial charge in [-0.1, -0.05) is 48.0 Å². The molecule has 3 aromatic rings. The predicted molar refractivity (Wildman–Crippen MR) is 146 cm³/mol. The van der Waals surface area contributed by atoms with Crippen molar-refractivity contribution in [2.24, 2.45) is 4.40 Å². The molecule has 0 unspecified atom stereocenters. The summed E-state index contributed by atoms with van der Waals surface area (Å²) in [5.41, 5.74) is 6.36. The zero-order valence-corrected chi connectivity index (χ0v) is 22.3. The largest absolute Gasteiger partial charge is 0.496 e. The summed E-state index contributed by atoms with van der Waals surface area (Å²) in [4.78, 5) is 14.4. The fraction of sp³-hybridized carbons (Fsp3) is 0.231. The van der Waals surface area contributed by atoms with Crippen molar-refractivity contribution < 1.29 is 17.9 Å². The fourth-order valence-electron chi connectivity index (χ4n) is 3.99. The highest BCUT2D eigenvalue weighted by Gasteiger charge is 2.29. The van der Waals surface area contributed by atoms with Crippen molar-refractivity contribution in [2.45, 2.75) is 24.4 Å². The Bertz CT molecular complexity index is 1440. The summed E-state index contributed by atoms with van der Waals surface area (Å²) in [7, 11) is 0.924. The normalized spacial score (nSPS) is 13.0. The number of sulfonamides is 1. The Morgan fingerprint density at radius 1 is 1.16 bits per heavy atom. The van der Waals surface area contributed by atoms with E-state index >= 15 is 0 Å². The van der Waals surface area contributed by atoms with Crippen molar-refractivity contribution in [1.29, 1.82) is 0 Å². The number of hydrogen-bond acceptors (Lipinski definition) is 6. The molecule has 1 heterocycles. The lowest BCUT2D eigenvalue weighted by Gasteiger charge is -2.22. The van der Waals surface area contributed by atoms with Gasteiger partial charge in [-0.3, -0.25) is 4.79 Å². The van der Waals surface area contributed by atoms with Gasteiger partial charge in [0.15, 0.2) is 0 Å². The summed E-state index contributed by atoms with van der Waals surface area (Å²) in [5, 5.41) is 5.15. The van der Waals surface area contributed by atoms with Crippen LogP contribution in [0.1, 0.15) is 16.7 Å². The van der Waals surface area contributed by atoms with Gasteiger partial charge in [-0.25, -0.2) is 5.43 Å². The summed E-state index contributed by atoms with van der Waals surface area (Å²) in [6, 6.07) is 17.9. The number of hydrogen-bond donors (Lipinski definition) is 2. The average molecular weight is 542 g/mol. The SMILES string of the molecule is COc1ccccc1CN1NCc2c1cc(NC(=O)Cc1ccccc1Cl)cc2S(=O)(=O)/N=C/N(C)C. The van der Waals surface area contributed by atoms with Gasteiger partial charge in [-0.15, -0.1) is 4.40 Å². The number of nitrogens with one attached hydrogen (secondary N) is 2. The van der Waals surface area contributed by atoms with E-state index in [9.17, 15) is 13.2 Å². The molecule has 1 aliphatic rings. The monoisotopic (exact) mass is 541 g/mol. The van der Waals surface area contributed by atoms with E-state index in [-0.39, 0.29) is 23.8 Å². The van der Waals surface area contributed by atoms with Crippen LogP contribution in [0.3, 0.4) is 0 Å². The first-order valence-electron chi connectivity index (χ1n) is 11.5. The number of benzene rings is 3. The second kappa shape index (κ2) is 11.2. The van der Waals surface area contributed by atoms with Crippen LogP contribution >= 0.6 is 11.6 Å². The molecule has 0 atom stereocenters. The molecule has 0 fully saturated rings. The van der Waals surface area contributed by atoms with E-state index in [0.717, 1.165) is 5.56 Å². The molecular formula is C26H28ClN5O4S. The Morgan fingerprint density at radius 2 is 1.86 bits per heavy atom. The van der Waals surface area contributed by atoms with Crippen LogP contribution in [0.25, 0.3) is 0 Å². The van der Waals surface area contributed by atoms with Gasteiger partial charge in [0.2, 0.25) is 5.91 Å². The third-order valence-corrected chi connectivity index (χ3v) is 7.39. The number of carbonyl (C=O) groups excluding carboxylic acids is 1. The fourth-order valence-corrected chi connectivity index (χ4v) is 5.38. The van der Waals surface area contributed by atoms with Crippen LogP contribution < -0.4 is 20.5 Å². The van der Waals surface area contributed by atoms with Crippen molar-refractivity contribution in [3.8, 4) is 5.75 Å². The quantitative estimate of drug-likeness (QED) is 0.313. The van der Waals surface area contributed by atoms with Crippen LogP contribution in [-0.2, 0) is 34.3 Å². The average Bonchev–Trinajstić information content (AvgIpc) is 3.26. The zero-order valence-electron chi connectivity index (χ0n) is 20.7. The van der Waals surface area contributed by atoms with Gasteiger partial charge in [-0.2, -0.15) is 8.42 Å². The number of ether oxygens (including phenoxy) is 1. The van der Waals surface area contributed by atoms with Crippen LogP contribution in [0.15, 0.2) is 70.0 Å². The number of carbonyl (C=O) groups is 1. The molecule has 0 saturated carbocycles. The minimum absolute atomic E-state index is 0.0196. The van der Waals surface area contributed by atoms with Crippen LogP contribution in [0.4, 0.5) is 11.4 Å². The molecule has 0 aromatic heterocycles. The maximum atomic E-state index is 13.2. The summed E-state index contributed by atoms with van der Waals surface area (Å²) < 4.78 is 35.7. The van der Waals surface area contributed by atoms with Crippen molar-refractivity contribution in [2.75, 3.05) is 31.5 Å². The highest BCUT2D eigenvalue weighted by molar-refractivity contribution is 7.90. The van der Waals surface area contributed by atoms with E-state index in [0.29, 0.717) is 39.8 Å². The molecule has 0 aliphatic carbocycles. The van der Waals surface area contributed by atoms with Crippen LogP contribution in [-0.4, -0.2) is 46.8 Å². The highest BCUT2D eigenvalue weighted by atomic mass is 35.5. The Labute approximate surface area is 221 Å². The maximum Gasteiger partial charge on any atom is 0.284 e. The molecule has 0 radical (unpaired) electrons. The first-order chi connectivity index (χ1) is 17.7. The number of fused-ring (bicyclic) bond motifs is 1. The number of rotatable bonds is 9. The Hall–Kier alpha value is -3.60. The number of para-hydroxylation sites is 1. The molecule has 3 aromatic carbocycles.